The molecule has 0 bridgehead atoms. The number of carbonyl (C=O) groups is 1. The number of hydrogen-bond donors (Lipinski definition) is 2. The first-order valence-corrected chi connectivity index (χ1v) is 4.26. The van der Waals surface area contributed by atoms with Crippen molar-refractivity contribution < 1.29 is 4.79 Å². The number of carbonyl (C=O) groups excluding carboxylic acids is 1. The number of nitrogens with one attached hydrogen (secondary N) is 1. The van der Waals surface area contributed by atoms with Crippen LogP contribution in [-0.2, 0) is 13.1 Å². The Morgan fingerprint density at radius 1 is 1.69 bits per heavy atom. The molecule has 1 amide bonds. The zero-order valence-electron chi connectivity index (χ0n) is 7.50. The molecule has 3 N–H and O–H groups in total. The molecule has 0 aromatic carbocycles. The fourth-order valence-electron chi connectivity index (χ4n) is 1.71. The summed E-state index contributed by atoms with van der Waals surface area (Å²) >= 11 is 0. The van der Waals surface area contributed by atoms with Gasteiger partial charge in [-0.1, -0.05) is 0 Å². The second-order valence-corrected chi connectivity index (χ2v) is 3.15. The Balaban J connectivity index is 2.54. The van der Waals surface area contributed by atoms with Gasteiger partial charge in [0.2, 0.25) is 0 Å². The lowest BCUT2D eigenvalue weighted by Crippen LogP contribution is -2.31. The highest BCUT2D eigenvalue weighted by Gasteiger charge is 2.19. The number of fused-ring (bicyclic) bond motifs is 1. The van der Waals surface area contributed by atoms with Crippen LogP contribution in [0.4, 0.5) is 0 Å². The highest BCUT2D eigenvalue weighted by molar-refractivity contribution is 5.92. The van der Waals surface area contributed by atoms with Crippen molar-refractivity contribution in [2.75, 3.05) is 6.54 Å². The van der Waals surface area contributed by atoms with E-state index in [1.807, 2.05) is 11.5 Å². The van der Waals surface area contributed by atoms with Gasteiger partial charge in [0.25, 0.3) is 5.91 Å². The summed E-state index contributed by atoms with van der Waals surface area (Å²) < 4.78 is 1.90. The molecule has 2 heterocycles. The van der Waals surface area contributed by atoms with Gasteiger partial charge >= 0.3 is 0 Å². The van der Waals surface area contributed by atoms with Crippen molar-refractivity contribution in [3.05, 3.63) is 17.2 Å². The molecule has 0 radical (unpaired) electrons. The number of aromatic nitrogens is 2. The Morgan fingerprint density at radius 2 is 2.46 bits per heavy atom. The molecular formula is C8H12N4O. The van der Waals surface area contributed by atoms with E-state index in [9.17, 15) is 4.79 Å². The minimum atomic E-state index is -0.391. The SMILES string of the molecule is Cc1nc2n(c1C(N)=O)CCNC2. The molecule has 5 heteroatoms. The number of rotatable bonds is 1. The standard InChI is InChI=1S/C8H12N4O/c1-5-7(8(9)13)12-3-2-10-4-6(12)11-5/h10H,2-4H2,1H3,(H2,9,13). The number of primary amides is 1. The van der Waals surface area contributed by atoms with E-state index >= 15 is 0 Å². The zero-order chi connectivity index (χ0) is 9.42. The quantitative estimate of drug-likeness (QED) is 0.605. The molecule has 0 fully saturated rings. The first kappa shape index (κ1) is 8.25. The number of amides is 1. The molecule has 0 aliphatic carbocycles. The van der Waals surface area contributed by atoms with Gasteiger partial charge in [0.05, 0.1) is 12.2 Å². The van der Waals surface area contributed by atoms with Crippen LogP contribution in [0, 0.1) is 6.92 Å². The monoisotopic (exact) mass is 180 g/mol. The molecule has 1 aliphatic heterocycles. The van der Waals surface area contributed by atoms with Crippen molar-refractivity contribution >= 4 is 5.91 Å². The third kappa shape index (κ3) is 1.21. The van der Waals surface area contributed by atoms with Crippen LogP contribution >= 0.6 is 0 Å². The minimum Gasteiger partial charge on any atom is -0.364 e. The molecule has 1 aromatic rings. The molecule has 5 nitrogen and oxygen atoms in total. The molecule has 0 spiro atoms. The number of imidazole rings is 1. The predicted molar refractivity (Wildman–Crippen MR) is 47.2 cm³/mol. The normalized spacial score (nSPS) is 15.5. The fourth-order valence-corrected chi connectivity index (χ4v) is 1.71. The van der Waals surface area contributed by atoms with Crippen molar-refractivity contribution in [2.45, 2.75) is 20.0 Å². The van der Waals surface area contributed by atoms with E-state index in [0.29, 0.717) is 12.2 Å². The maximum Gasteiger partial charge on any atom is 0.267 e. The highest BCUT2D eigenvalue weighted by atomic mass is 16.1. The van der Waals surface area contributed by atoms with Crippen molar-refractivity contribution in [3.8, 4) is 0 Å². The summed E-state index contributed by atoms with van der Waals surface area (Å²) in [6.07, 6.45) is 0. The van der Waals surface area contributed by atoms with Gasteiger partial charge in [-0.05, 0) is 6.92 Å². The molecule has 1 aromatic heterocycles. The van der Waals surface area contributed by atoms with E-state index in [4.69, 9.17) is 5.73 Å². The van der Waals surface area contributed by atoms with Gasteiger partial charge in [-0.3, -0.25) is 4.79 Å². The number of nitrogens with two attached hydrogens (primary N) is 1. The summed E-state index contributed by atoms with van der Waals surface area (Å²) in [5.41, 5.74) is 6.54. The number of aryl methyl sites for hydroxylation is 1. The second-order valence-electron chi connectivity index (χ2n) is 3.15. The molecule has 13 heavy (non-hydrogen) atoms. The molecule has 2 rings (SSSR count). The van der Waals surface area contributed by atoms with Gasteiger partial charge in [-0.2, -0.15) is 0 Å². The average molecular weight is 180 g/mol. The Hall–Kier alpha value is -1.36. The summed E-state index contributed by atoms with van der Waals surface area (Å²) in [7, 11) is 0. The molecule has 70 valence electrons. The summed E-state index contributed by atoms with van der Waals surface area (Å²) in [5.74, 6) is 0.510. The lowest BCUT2D eigenvalue weighted by atomic mass is 10.3. The van der Waals surface area contributed by atoms with E-state index in [1.165, 1.54) is 0 Å². The van der Waals surface area contributed by atoms with Crippen LogP contribution in [0.25, 0.3) is 0 Å². The van der Waals surface area contributed by atoms with Crippen molar-refractivity contribution in [1.82, 2.24) is 14.9 Å². The summed E-state index contributed by atoms with van der Waals surface area (Å²) in [6.45, 7) is 4.16. The van der Waals surface area contributed by atoms with Crippen LogP contribution < -0.4 is 11.1 Å². The Bertz CT molecular complexity index is 355. The van der Waals surface area contributed by atoms with E-state index in [2.05, 4.69) is 10.3 Å². The molecule has 0 saturated heterocycles. The summed E-state index contributed by atoms with van der Waals surface area (Å²) in [4.78, 5) is 15.4. The van der Waals surface area contributed by atoms with Crippen LogP contribution in [0.3, 0.4) is 0 Å². The van der Waals surface area contributed by atoms with Gasteiger partial charge in [0, 0.05) is 13.1 Å². The van der Waals surface area contributed by atoms with Crippen molar-refractivity contribution in [1.29, 1.82) is 0 Å². The van der Waals surface area contributed by atoms with Crippen LogP contribution in [0.5, 0.6) is 0 Å². The number of nitrogens with zero attached hydrogens (tertiary/aromatic N) is 2. The first-order valence-electron chi connectivity index (χ1n) is 4.26. The molecule has 0 saturated carbocycles. The van der Waals surface area contributed by atoms with E-state index in [0.717, 1.165) is 24.6 Å². The average Bonchev–Trinajstić information content (AvgIpc) is 2.39. The van der Waals surface area contributed by atoms with E-state index in [1.54, 1.807) is 0 Å². The van der Waals surface area contributed by atoms with Crippen LogP contribution in [-0.4, -0.2) is 22.0 Å². The smallest absolute Gasteiger partial charge is 0.267 e. The zero-order valence-corrected chi connectivity index (χ0v) is 7.50. The second kappa shape index (κ2) is 2.85. The van der Waals surface area contributed by atoms with Crippen LogP contribution in [0.1, 0.15) is 22.0 Å². The van der Waals surface area contributed by atoms with Gasteiger partial charge in [0.1, 0.15) is 11.5 Å². The molecule has 1 aliphatic rings. The van der Waals surface area contributed by atoms with Gasteiger partial charge in [0.15, 0.2) is 0 Å². The van der Waals surface area contributed by atoms with E-state index < -0.39 is 5.91 Å². The van der Waals surface area contributed by atoms with Gasteiger partial charge in [-0.15, -0.1) is 0 Å². The Labute approximate surface area is 75.9 Å². The molecule has 0 atom stereocenters. The van der Waals surface area contributed by atoms with E-state index in [-0.39, 0.29) is 0 Å². The number of hydrogen-bond acceptors (Lipinski definition) is 3. The van der Waals surface area contributed by atoms with Gasteiger partial charge < -0.3 is 15.6 Å². The molecular weight excluding hydrogens is 168 g/mol. The topological polar surface area (TPSA) is 72.9 Å². The maximum atomic E-state index is 11.1. The first-order chi connectivity index (χ1) is 6.20. The van der Waals surface area contributed by atoms with Crippen LogP contribution in [0.2, 0.25) is 0 Å². The summed E-state index contributed by atoms with van der Waals surface area (Å²) in [5, 5.41) is 3.18. The molecule has 0 unspecified atom stereocenters. The largest absolute Gasteiger partial charge is 0.364 e. The van der Waals surface area contributed by atoms with Crippen molar-refractivity contribution in [2.24, 2.45) is 5.73 Å². The van der Waals surface area contributed by atoms with Gasteiger partial charge in [-0.25, -0.2) is 4.98 Å². The Morgan fingerprint density at radius 3 is 3.15 bits per heavy atom. The minimum absolute atomic E-state index is 0.391. The maximum absolute atomic E-state index is 11.1. The fraction of sp³-hybridized carbons (Fsp3) is 0.500. The predicted octanol–water partition coefficient (Wildman–Crippen LogP) is -0.606. The third-order valence-corrected chi connectivity index (χ3v) is 2.25. The lowest BCUT2D eigenvalue weighted by Gasteiger charge is -2.16. The van der Waals surface area contributed by atoms with Crippen LogP contribution in [0.15, 0.2) is 0 Å². The third-order valence-electron chi connectivity index (χ3n) is 2.25. The highest BCUT2D eigenvalue weighted by Crippen LogP contribution is 2.12. The Kier molecular flexibility index (Phi) is 1.81. The van der Waals surface area contributed by atoms with Crippen molar-refractivity contribution in [3.63, 3.8) is 0 Å². The summed E-state index contributed by atoms with van der Waals surface area (Å²) in [6, 6.07) is 0. The lowest BCUT2D eigenvalue weighted by molar-refractivity contribution is 0.0990.